The van der Waals surface area contributed by atoms with E-state index in [1.807, 2.05) is 6.92 Å². The zero-order valence-corrected chi connectivity index (χ0v) is 16.4. The van der Waals surface area contributed by atoms with E-state index in [0.29, 0.717) is 5.56 Å². The van der Waals surface area contributed by atoms with Gasteiger partial charge >= 0.3 is 12.1 Å². The summed E-state index contributed by atoms with van der Waals surface area (Å²) in [7, 11) is 2.20. The normalized spacial score (nSPS) is 12.9. The first-order valence-electron chi connectivity index (χ1n) is 8.96. The first kappa shape index (κ1) is 22.2. The number of esters is 1. The van der Waals surface area contributed by atoms with Crippen molar-refractivity contribution in [3.05, 3.63) is 59.7 Å². The Labute approximate surface area is 168 Å². The highest BCUT2D eigenvalue weighted by Gasteiger charge is 2.61. The van der Waals surface area contributed by atoms with Gasteiger partial charge in [0.2, 0.25) is 0 Å². The number of methoxy groups -OCH3 is 2. The number of ether oxygens (including phenoxy) is 2. The number of rotatable bonds is 6. The first-order valence-corrected chi connectivity index (χ1v) is 8.96. The van der Waals surface area contributed by atoms with E-state index in [4.69, 9.17) is 4.74 Å². The van der Waals surface area contributed by atoms with E-state index in [2.05, 4.69) is 21.9 Å². The number of anilines is 1. The van der Waals surface area contributed by atoms with Crippen LogP contribution in [-0.4, -0.2) is 31.9 Å². The van der Waals surface area contributed by atoms with Gasteiger partial charge in [-0.25, -0.2) is 4.79 Å². The van der Waals surface area contributed by atoms with Crippen LogP contribution in [0.2, 0.25) is 0 Å². The standard InChI is InChI=1S/C22H22F3NO3/c1-4-7-16-10-12-17(13-11-16)14-15-21(20(27)29-3,22(23,24)25)26-18-8-5-6-9-19(18)28-2/h5-6,8-13,26H,4,7H2,1-3H3/t21-/m1/s1. The van der Waals surface area contributed by atoms with Crippen molar-refractivity contribution in [1.82, 2.24) is 0 Å². The minimum atomic E-state index is -5.06. The fraction of sp³-hybridized carbons (Fsp3) is 0.318. The second-order valence-corrected chi connectivity index (χ2v) is 6.26. The molecule has 7 heteroatoms. The molecule has 0 aliphatic rings. The average Bonchev–Trinajstić information content (AvgIpc) is 2.71. The second kappa shape index (κ2) is 9.37. The minimum Gasteiger partial charge on any atom is -0.495 e. The van der Waals surface area contributed by atoms with Crippen molar-refractivity contribution >= 4 is 11.7 Å². The molecular formula is C22H22F3NO3. The van der Waals surface area contributed by atoms with Crippen LogP contribution in [0.5, 0.6) is 5.75 Å². The van der Waals surface area contributed by atoms with Gasteiger partial charge in [0.05, 0.1) is 19.9 Å². The molecule has 2 rings (SSSR count). The highest BCUT2D eigenvalue weighted by molar-refractivity contribution is 5.91. The van der Waals surface area contributed by atoms with Crippen molar-refractivity contribution < 1.29 is 27.4 Å². The zero-order valence-electron chi connectivity index (χ0n) is 16.4. The molecule has 0 aliphatic heterocycles. The maximum absolute atomic E-state index is 14.1. The van der Waals surface area contributed by atoms with Crippen LogP contribution < -0.4 is 10.1 Å². The third-order valence-electron chi connectivity index (χ3n) is 4.23. The highest BCUT2D eigenvalue weighted by atomic mass is 19.4. The number of carbonyl (C=O) groups is 1. The third kappa shape index (κ3) is 5.02. The van der Waals surface area contributed by atoms with E-state index in [1.165, 1.54) is 25.3 Å². The Hall–Kier alpha value is -3.14. The summed E-state index contributed by atoms with van der Waals surface area (Å²) in [5, 5.41) is 2.21. The lowest BCUT2D eigenvalue weighted by Gasteiger charge is -2.30. The fourth-order valence-electron chi connectivity index (χ4n) is 2.70. The summed E-state index contributed by atoms with van der Waals surface area (Å²) < 4.78 is 51.8. The van der Waals surface area contributed by atoms with E-state index in [0.717, 1.165) is 25.5 Å². The van der Waals surface area contributed by atoms with Crippen LogP contribution >= 0.6 is 0 Å². The number of hydrogen-bond acceptors (Lipinski definition) is 4. The molecule has 0 aromatic heterocycles. The van der Waals surface area contributed by atoms with E-state index in [-0.39, 0.29) is 11.4 Å². The molecule has 0 radical (unpaired) electrons. The van der Waals surface area contributed by atoms with Crippen LogP contribution in [-0.2, 0) is 16.0 Å². The molecule has 0 bridgehead atoms. The van der Waals surface area contributed by atoms with Gasteiger partial charge in [-0.05, 0) is 42.2 Å². The molecule has 0 unspecified atom stereocenters. The quantitative estimate of drug-likeness (QED) is 0.564. The van der Waals surface area contributed by atoms with Crippen LogP contribution in [0.4, 0.5) is 18.9 Å². The summed E-state index contributed by atoms with van der Waals surface area (Å²) in [6.45, 7) is 2.03. The van der Waals surface area contributed by atoms with Gasteiger partial charge < -0.3 is 14.8 Å². The van der Waals surface area contributed by atoms with Gasteiger partial charge in [0, 0.05) is 5.56 Å². The molecule has 154 valence electrons. The number of hydrogen-bond donors (Lipinski definition) is 1. The van der Waals surface area contributed by atoms with Gasteiger partial charge in [-0.1, -0.05) is 43.5 Å². The van der Waals surface area contributed by atoms with E-state index >= 15 is 0 Å². The van der Waals surface area contributed by atoms with Gasteiger partial charge in [0.1, 0.15) is 5.75 Å². The molecular weight excluding hydrogens is 383 g/mol. The van der Waals surface area contributed by atoms with Gasteiger partial charge in [-0.3, -0.25) is 0 Å². The lowest BCUT2D eigenvalue weighted by Crippen LogP contribution is -2.57. The lowest BCUT2D eigenvalue weighted by atomic mass is 9.97. The summed E-state index contributed by atoms with van der Waals surface area (Å²) in [6.07, 6.45) is -3.25. The number of benzene rings is 2. The second-order valence-electron chi connectivity index (χ2n) is 6.26. The Morgan fingerprint density at radius 1 is 1.07 bits per heavy atom. The van der Waals surface area contributed by atoms with Crippen LogP contribution in [0.1, 0.15) is 24.5 Å². The first-order chi connectivity index (χ1) is 13.8. The molecule has 4 nitrogen and oxygen atoms in total. The average molecular weight is 405 g/mol. The fourth-order valence-corrected chi connectivity index (χ4v) is 2.70. The summed E-state index contributed by atoms with van der Waals surface area (Å²) in [5.74, 6) is 3.11. The van der Waals surface area contributed by atoms with Crippen molar-refractivity contribution in [2.24, 2.45) is 0 Å². The van der Waals surface area contributed by atoms with Crippen LogP contribution in [0, 0.1) is 11.8 Å². The Bertz CT molecular complexity index is 898. The largest absolute Gasteiger partial charge is 0.495 e. The number of nitrogens with one attached hydrogen (secondary N) is 1. The third-order valence-corrected chi connectivity index (χ3v) is 4.23. The van der Waals surface area contributed by atoms with Crippen molar-refractivity contribution in [2.45, 2.75) is 31.5 Å². The summed E-state index contributed by atoms with van der Waals surface area (Å²) in [6, 6.07) is 12.8. The van der Waals surface area contributed by atoms with Crippen molar-refractivity contribution in [2.75, 3.05) is 19.5 Å². The van der Waals surface area contributed by atoms with Crippen LogP contribution in [0.25, 0.3) is 0 Å². The van der Waals surface area contributed by atoms with E-state index in [9.17, 15) is 18.0 Å². The van der Waals surface area contributed by atoms with Crippen molar-refractivity contribution in [3.63, 3.8) is 0 Å². The smallest absolute Gasteiger partial charge is 0.434 e. The monoisotopic (exact) mass is 405 g/mol. The van der Waals surface area contributed by atoms with Gasteiger partial charge in [-0.2, -0.15) is 13.2 Å². The molecule has 2 aromatic carbocycles. The Morgan fingerprint density at radius 3 is 2.28 bits per heavy atom. The summed E-state index contributed by atoms with van der Waals surface area (Å²) in [5.41, 5.74) is -1.90. The molecule has 2 aromatic rings. The molecule has 0 fully saturated rings. The molecule has 1 N–H and O–H groups in total. The van der Waals surface area contributed by atoms with Crippen LogP contribution in [0.3, 0.4) is 0 Å². The predicted molar refractivity (Wildman–Crippen MR) is 105 cm³/mol. The number of halogens is 3. The minimum absolute atomic E-state index is 0.0367. The number of alkyl halides is 3. The molecule has 0 aliphatic carbocycles. The van der Waals surface area contributed by atoms with E-state index in [1.54, 1.807) is 30.3 Å². The lowest BCUT2D eigenvalue weighted by molar-refractivity contribution is -0.187. The van der Waals surface area contributed by atoms with Gasteiger partial charge in [0.15, 0.2) is 0 Å². The molecule has 0 heterocycles. The predicted octanol–water partition coefficient (Wildman–Crippen LogP) is 4.59. The molecule has 29 heavy (non-hydrogen) atoms. The van der Waals surface area contributed by atoms with Gasteiger partial charge in [0.25, 0.3) is 5.54 Å². The summed E-state index contributed by atoms with van der Waals surface area (Å²) in [4.78, 5) is 12.3. The molecule has 0 spiro atoms. The Kier molecular flexibility index (Phi) is 7.16. The molecule has 1 atom stereocenters. The SMILES string of the molecule is CCCc1ccc(C#C[C@@](Nc2ccccc2OC)(C(=O)OC)C(F)(F)F)cc1. The highest BCUT2D eigenvalue weighted by Crippen LogP contribution is 2.37. The Morgan fingerprint density at radius 2 is 1.72 bits per heavy atom. The molecule has 0 saturated carbocycles. The molecule has 0 saturated heterocycles. The van der Waals surface area contributed by atoms with Gasteiger partial charge in [-0.15, -0.1) is 0 Å². The topological polar surface area (TPSA) is 47.6 Å². The van der Waals surface area contributed by atoms with Crippen molar-refractivity contribution in [3.8, 4) is 17.6 Å². The number of para-hydroxylation sites is 2. The number of aryl methyl sites for hydroxylation is 1. The molecule has 0 amide bonds. The summed E-state index contributed by atoms with van der Waals surface area (Å²) >= 11 is 0. The Balaban J connectivity index is 2.54. The number of carbonyl (C=O) groups excluding carboxylic acids is 1. The van der Waals surface area contributed by atoms with Crippen LogP contribution in [0.15, 0.2) is 48.5 Å². The maximum atomic E-state index is 14.1. The maximum Gasteiger partial charge on any atom is 0.434 e. The zero-order chi connectivity index (χ0) is 21.5. The van der Waals surface area contributed by atoms with E-state index < -0.39 is 17.7 Å². The van der Waals surface area contributed by atoms with Crippen molar-refractivity contribution in [1.29, 1.82) is 0 Å².